The van der Waals surface area contributed by atoms with Crippen molar-refractivity contribution in [3.63, 3.8) is 0 Å². The fraction of sp³-hybridized carbons (Fsp3) is 0.324. The number of benzene rings is 3. The van der Waals surface area contributed by atoms with Crippen molar-refractivity contribution in [3.05, 3.63) is 108 Å². The maximum atomic E-state index is 5.86. The van der Waals surface area contributed by atoms with Crippen LogP contribution in [0.4, 0.5) is 0 Å². The Morgan fingerprint density at radius 2 is 1.80 bits per heavy atom. The van der Waals surface area contributed by atoms with Crippen LogP contribution in [0.15, 0.2) is 96.8 Å². The summed E-state index contributed by atoms with van der Waals surface area (Å²) in [6, 6.07) is 25.5. The molecular weight excluding hydrogens is 565 g/mol. The highest BCUT2D eigenvalue weighted by atomic mass is 31.0. The third-order valence-electron chi connectivity index (χ3n) is 7.65. The first-order chi connectivity index (χ1) is 21.6. The van der Waals surface area contributed by atoms with Gasteiger partial charge in [-0.25, -0.2) is 4.98 Å². The molecule has 0 aliphatic carbocycles. The van der Waals surface area contributed by atoms with Crippen molar-refractivity contribution in [2.45, 2.75) is 59.7 Å². The van der Waals surface area contributed by atoms with Crippen LogP contribution in [0.25, 0.3) is 22.6 Å². The summed E-state index contributed by atoms with van der Waals surface area (Å²) in [5.41, 5.74) is 5.73. The van der Waals surface area contributed by atoms with Gasteiger partial charge in [0.15, 0.2) is 11.5 Å². The van der Waals surface area contributed by atoms with Gasteiger partial charge in [0.1, 0.15) is 11.6 Å². The minimum Gasteiger partial charge on any atom is -0.494 e. The molecule has 1 unspecified atom stereocenters. The fourth-order valence-electron chi connectivity index (χ4n) is 5.55. The van der Waals surface area contributed by atoms with E-state index in [1.807, 2.05) is 32.1 Å². The molecule has 6 nitrogen and oxygen atoms in total. The van der Waals surface area contributed by atoms with Gasteiger partial charge in [-0.05, 0) is 67.9 Å². The van der Waals surface area contributed by atoms with Gasteiger partial charge in [0.25, 0.3) is 0 Å². The molecule has 0 N–H and O–H groups in total. The van der Waals surface area contributed by atoms with Crippen molar-refractivity contribution >= 4 is 14.5 Å². The number of rotatable bonds is 15. The van der Waals surface area contributed by atoms with Crippen molar-refractivity contribution in [1.82, 2.24) is 14.5 Å². The van der Waals surface area contributed by atoms with Crippen molar-refractivity contribution in [1.29, 1.82) is 0 Å². The summed E-state index contributed by atoms with van der Waals surface area (Å²) in [5.74, 6) is 3.55. The van der Waals surface area contributed by atoms with Crippen molar-refractivity contribution in [2.24, 2.45) is 0 Å². The lowest BCUT2D eigenvalue weighted by molar-refractivity contribution is 0.174. The zero-order valence-corrected chi connectivity index (χ0v) is 27.3. The second-order valence-corrected chi connectivity index (χ2v) is 11.6. The number of hydrogen-bond donors (Lipinski definition) is 0. The van der Waals surface area contributed by atoms with Gasteiger partial charge >= 0.3 is 0 Å². The molecule has 0 bridgehead atoms. The van der Waals surface area contributed by atoms with Gasteiger partial charge in [0.2, 0.25) is 6.79 Å². The molecule has 0 spiro atoms. The van der Waals surface area contributed by atoms with Crippen LogP contribution in [0, 0.1) is 0 Å². The Bertz CT molecular complexity index is 1580. The maximum absolute atomic E-state index is 5.86. The summed E-state index contributed by atoms with van der Waals surface area (Å²) < 4.78 is 19.6. The molecule has 0 saturated carbocycles. The minimum absolute atomic E-state index is 0.273. The molecule has 1 atom stereocenters. The first-order valence-corrected chi connectivity index (χ1v) is 16.2. The summed E-state index contributed by atoms with van der Waals surface area (Å²) in [6.07, 6.45) is 9.30. The monoisotopic (exact) mass is 609 g/mol. The Morgan fingerprint density at radius 1 is 0.977 bits per heavy atom. The van der Waals surface area contributed by atoms with Gasteiger partial charge in [0.05, 0.1) is 18.0 Å². The second kappa shape index (κ2) is 15.7. The summed E-state index contributed by atoms with van der Waals surface area (Å²) in [7, 11) is 2.84. The van der Waals surface area contributed by atoms with E-state index in [1.54, 1.807) is 0 Å². The molecule has 1 aliphatic heterocycles. The third-order valence-corrected chi connectivity index (χ3v) is 8.01. The molecule has 0 radical (unpaired) electrons. The SMILES string of the molecule is C/C=C\C(=C/CCN(Cc1ccc2c(c1)OCO2)Cc1c(-c2cccc(P)c2)nc(-c2ccccc2)n1CCCC)OCC. The van der Waals surface area contributed by atoms with Gasteiger partial charge in [0, 0.05) is 37.3 Å². The second-order valence-electron chi connectivity index (χ2n) is 11.0. The van der Waals surface area contributed by atoms with Gasteiger partial charge in [-0.3, -0.25) is 4.90 Å². The van der Waals surface area contributed by atoms with Crippen LogP contribution < -0.4 is 14.8 Å². The third kappa shape index (κ3) is 7.99. The predicted molar refractivity (Wildman–Crippen MR) is 183 cm³/mol. The van der Waals surface area contributed by atoms with Crippen molar-refractivity contribution < 1.29 is 14.2 Å². The van der Waals surface area contributed by atoms with E-state index in [0.29, 0.717) is 6.61 Å². The first kappa shape index (κ1) is 31.6. The molecule has 4 aromatic rings. The number of unbranched alkanes of at least 4 members (excludes halogenated alkanes) is 1. The van der Waals surface area contributed by atoms with Crippen LogP contribution in [0.1, 0.15) is 51.3 Å². The van der Waals surface area contributed by atoms with Crippen LogP contribution in [0.5, 0.6) is 11.5 Å². The Kier molecular flexibility index (Phi) is 11.3. The molecule has 1 aliphatic rings. The molecule has 44 heavy (non-hydrogen) atoms. The lowest BCUT2D eigenvalue weighted by atomic mass is 10.1. The number of allylic oxidation sites excluding steroid dienone is 2. The number of hydrogen-bond acceptors (Lipinski definition) is 5. The number of fused-ring (bicyclic) bond motifs is 1. The maximum Gasteiger partial charge on any atom is 0.231 e. The number of aromatic nitrogens is 2. The highest BCUT2D eigenvalue weighted by molar-refractivity contribution is 7.27. The summed E-state index contributed by atoms with van der Waals surface area (Å²) >= 11 is 0. The summed E-state index contributed by atoms with van der Waals surface area (Å²) in [4.78, 5) is 7.87. The van der Waals surface area contributed by atoms with E-state index in [1.165, 1.54) is 11.3 Å². The molecule has 5 rings (SSSR count). The molecule has 7 heteroatoms. The smallest absolute Gasteiger partial charge is 0.231 e. The van der Waals surface area contributed by atoms with Crippen LogP contribution in [0.3, 0.4) is 0 Å². The molecule has 230 valence electrons. The molecule has 0 amide bonds. The van der Waals surface area contributed by atoms with E-state index in [4.69, 9.17) is 19.2 Å². The lowest BCUT2D eigenvalue weighted by Gasteiger charge is -2.24. The predicted octanol–water partition coefficient (Wildman–Crippen LogP) is 8.14. The molecule has 1 aromatic heterocycles. The van der Waals surface area contributed by atoms with Gasteiger partial charge in [-0.1, -0.05) is 74.0 Å². The molecule has 2 heterocycles. The van der Waals surface area contributed by atoms with E-state index in [2.05, 4.69) is 98.4 Å². The molecular formula is C37H44N3O3P. The van der Waals surface area contributed by atoms with Crippen LogP contribution >= 0.6 is 9.24 Å². The highest BCUT2D eigenvalue weighted by Crippen LogP contribution is 2.34. The number of imidazole rings is 1. The Hall–Kier alpha value is -3.86. The van der Waals surface area contributed by atoms with Crippen molar-refractivity contribution in [3.8, 4) is 34.1 Å². The standard InChI is InChI=1S/C37H44N3O3P/c1-4-7-22-40-33(36(30-16-11-18-32(44)24-30)38-37(40)29-14-9-8-10-15-29)26-39(21-12-17-31(13-5-2)41-6-3)25-28-19-20-34-35(23-28)43-27-42-34/h5,8-11,13-20,23-24H,4,6-7,12,21-22,25-27,44H2,1-3H3/b13-5-,31-17+. The molecule has 3 aromatic carbocycles. The first-order valence-electron chi connectivity index (χ1n) is 15.7. The van der Waals surface area contributed by atoms with Crippen molar-refractivity contribution in [2.75, 3.05) is 19.9 Å². The normalized spacial score (nSPS) is 12.9. The minimum atomic E-state index is 0.273. The van der Waals surface area contributed by atoms with Gasteiger partial charge in [-0.2, -0.15) is 0 Å². The Morgan fingerprint density at radius 3 is 2.57 bits per heavy atom. The zero-order valence-electron chi connectivity index (χ0n) is 26.2. The van der Waals surface area contributed by atoms with E-state index >= 15 is 0 Å². The van der Waals surface area contributed by atoms with E-state index in [0.717, 1.165) is 90.6 Å². The number of nitrogens with zero attached hydrogens (tertiary/aromatic N) is 3. The zero-order chi connectivity index (χ0) is 30.7. The average Bonchev–Trinajstić information content (AvgIpc) is 3.65. The van der Waals surface area contributed by atoms with Crippen LogP contribution in [-0.2, 0) is 24.4 Å². The van der Waals surface area contributed by atoms with E-state index < -0.39 is 0 Å². The summed E-state index contributed by atoms with van der Waals surface area (Å²) in [6.45, 7) is 10.5. The van der Waals surface area contributed by atoms with E-state index in [9.17, 15) is 0 Å². The van der Waals surface area contributed by atoms with Crippen LogP contribution in [-0.4, -0.2) is 34.4 Å². The number of ether oxygens (including phenoxy) is 3. The average molecular weight is 610 g/mol. The fourth-order valence-corrected chi connectivity index (χ4v) is 5.84. The molecule has 0 fully saturated rings. The largest absolute Gasteiger partial charge is 0.494 e. The Balaban J connectivity index is 1.56. The van der Waals surface area contributed by atoms with E-state index in [-0.39, 0.29) is 6.79 Å². The van der Waals surface area contributed by atoms with Gasteiger partial charge in [-0.15, -0.1) is 9.24 Å². The topological polar surface area (TPSA) is 48.8 Å². The van der Waals surface area contributed by atoms with Gasteiger partial charge < -0.3 is 18.8 Å². The quantitative estimate of drug-likeness (QED) is 0.0774. The molecule has 0 saturated heterocycles. The van der Waals surface area contributed by atoms with Crippen LogP contribution in [0.2, 0.25) is 0 Å². The Labute approximate surface area is 264 Å². The lowest BCUT2D eigenvalue weighted by Crippen LogP contribution is -2.26. The highest BCUT2D eigenvalue weighted by Gasteiger charge is 2.23. The summed E-state index contributed by atoms with van der Waals surface area (Å²) in [5, 5.41) is 1.15.